The maximum absolute atomic E-state index is 8.79. The Morgan fingerprint density at radius 1 is 1.29 bits per heavy atom. The summed E-state index contributed by atoms with van der Waals surface area (Å²) in [7, 11) is 0. The summed E-state index contributed by atoms with van der Waals surface area (Å²) in [6, 6.07) is 0. The van der Waals surface area contributed by atoms with Gasteiger partial charge in [0.1, 0.15) is 5.84 Å². The maximum Gasteiger partial charge on any atom is 0.144 e. The molecule has 1 atom stereocenters. The molecule has 1 unspecified atom stereocenters. The van der Waals surface area contributed by atoms with Crippen LogP contribution in [-0.4, -0.2) is 35.6 Å². The molecule has 0 saturated carbocycles. The Hall–Kier alpha value is -0.770. The topological polar surface area (TPSA) is 61.8 Å². The SMILES string of the molecule is CC(C)C1CCCN(CCCCC(C)(C)C(N)=NO)CC1. The van der Waals surface area contributed by atoms with Gasteiger partial charge in [0.05, 0.1) is 0 Å². The van der Waals surface area contributed by atoms with Gasteiger partial charge >= 0.3 is 0 Å². The molecule has 0 aliphatic carbocycles. The molecule has 0 aromatic rings. The first-order valence-electron chi connectivity index (χ1n) is 8.57. The quantitative estimate of drug-likeness (QED) is 0.248. The highest BCUT2D eigenvalue weighted by Crippen LogP contribution is 2.26. The van der Waals surface area contributed by atoms with Crippen molar-refractivity contribution in [1.82, 2.24) is 4.90 Å². The molecule has 1 rings (SSSR count). The molecular formula is C17H35N3O. The highest BCUT2D eigenvalue weighted by atomic mass is 16.4. The van der Waals surface area contributed by atoms with Crippen LogP contribution < -0.4 is 5.73 Å². The normalized spacial score (nSPS) is 22.5. The molecule has 4 nitrogen and oxygen atoms in total. The van der Waals surface area contributed by atoms with E-state index < -0.39 is 0 Å². The van der Waals surface area contributed by atoms with Crippen LogP contribution in [0.3, 0.4) is 0 Å². The zero-order valence-electron chi connectivity index (χ0n) is 14.4. The molecular weight excluding hydrogens is 262 g/mol. The predicted molar refractivity (Wildman–Crippen MR) is 89.7 cm³/mol. The predicted octanol–water partition coefficient (Wildman–Crippen LogP) is 3.69. The molecule has 1 fully saturated rings. The van der Waals surface area contributed by atoms with E-state index in [1.54, 1.807) is 0 Å². The number of nitrogens with two attached hydrogens (primary N) is 1. The van der Waals surface area contributed by atoms with Gasteiger partial charge in [0.2, 0.25) is 0 Å². The second kappa shape index (κ2) is 8.62. The summed E-state index contributed by atoms with van der Waals surface area (Å²) < 4.78 is 0. The second-order valence-corrected chi connectivity index (χ2v) is 7.60. The van der Waals surface area contributed by atoms with Crippen LogP contribution in [0.25, 0.3) is 0 Å². The van der Waals surface area contributed by atoms with E-state index in [1.165, 1.54) is 45.3 Å². The van der Waals surface area contributed by atoms with E-state index in [9.17, 15) is 0 Å². The summed E-state index contributed by atoms with van der Waals surface area (Å²) in [6.07, 6.45) is 7.41. The number of likely N-dealkylation sites (tertiary alicyclic amines) is 1. The Bertz CT molecular complexity index is 326. The molecule has 0 aromatic heterocycles. The lowest BCUT2D eigenvalue weighted by molar-refractivity contribution is 0.261. The Balaban J connectivity index is 2.24. The van der Waals surface area contributed by atoms with E-state index in [0.717, 1.165) is 24.7 Å². The lowest BCUT2D eigenvalue weighted by atomic mass is 9.86. The minimum atomic E-state index is -0.198. The van der Waals surface area contributed by atoms with E-state index in [-0.39, 0.29) is 5.41 Å². The maximum atomic E-state index is 8.79. The molecule has 3 N–H and O–H groups in total. The molecule has 124 valence electrons. The number of unbranched alkanes of at least 4 members (excludes halogenated alkanes) is 1. The number of oxime groups is 1. The Labute approximate surface area is 130 Å². The van der Waals surface area contributed by atoms with Crippen LogP contribution in [0, 0.1) is 17.3 Å². The second-order valence-electron chi connectivity index (χ2n) is 7.60. The first kappa shape index (κ1) is 18.3. The first-order valence-corrected chi connectivity index (χ1v) is 8.57. The van der Waals surface area contributed by atoms with Crippen molar-refractivity contribution in [2.75, 3.05) is 19.6 Å². The first-order chi connectivity index (χ1) is 9.86. The smallest absolute Gasteiger partial charge is 0.144 e. The summed E-state index contributed by atoms with van der Waals surface area (Å²) >= 11 is 0. The van der Waals surface area contributed by atoms with Gasteiger partial charge in [-0.05, 0) is 63.6 Å². The number of hydrogen-bond acceptors (Lipinski definition) is 3. The number of rotatable bonds is 7. The van der Waals surface area contributed by atoms with Gasteiger partial charge in [0.25, 0.3) is 0 Å². The van der Waals surface area contributed by atoms with Crippen molar-refractivity contribution in [1.29, 1.82) is 0 Å². The largest absolute Gasteiger partial charge is 0.409 e. The van der Waals surface area contributed by atoms with Gasteiger partial charge in [-0.15, -0.1) is 0 Å². The molecule has 4 heteroatoms. The van der Waals surface area contributed by atoms with Crippen molar-refractivity contribution in [3.05, 3.63) is 0 Å². The molecule has 1 aliphatic heterocycles. The van der Waals surface area contributed by atoms with Gasteiger partial charge in [0, 0.05) is 5.41 Å². The van der Waals surface area contributed by atoms with Gasteiger partial charge < -0.3 is 15.8 Å². The van der Waals surface area contributed by atoms with Gasteiger partial charge in [-0.2, -0.15) is 0 Å². The summed E-state index contributed by atoms with van der Waals surface area (Å²) in [4.78, 5) is 2.62. The van der Waals surface area contributed by atoms with Gasteiger partial charge in [-0.25, -0.2) is 0 Å². The van der Waals surface area contributed by atoms with Crippen molar-refractivity contribution in [2.24, 2.45) is 28.1 Å². The highest BCUT2D eigenvalue weighted by Gasteiger charge is 2.23. The molecule has 0 aromatic carbocycles. The zero-order valence-corrected chi connectivity index (χ0v) is 14.4. The average molecular weight is 297 g/mol. The third-order valence-electron chi connectivity index (χ3n) is 5.14. The molecule has 1 saturated heterocycles. The van der Waals surface area contributed by atoms with Crippen LogP contribution in [0.15, 0.2) is 5.16 Å². The van der Waals surface area contributed by atoms with Crippen molar-refractivity contribution >= 4 is 5.84 Å². The third kappa shape index (κ3) is 6.25. The number of hydrogen-bond donors (Lipinski definition) is 2. The monoisotopic (exact) mass is 297 g/mol. The van der Waals surface area contributed by atoms with Gasteiger partial charge in [0.15, 0.2) is 0 Å². The van der Waals surface area contributed by atoms with Gasteiger partial charge in [-0.1, -0.05) is 39.3 Å². The van der Waals surface area contributed by atoms with Crippen LogP contribution >= 0.6 is 0 Å². The van der Waals surface area contributed by atoms with E-state index in [2.05, 4.69) is 23.9 Å². The minimum absolute atomic E-state index is 0.198. The van der Waals surface area contributed by atoms with Crippen molar-refractivity contribution < 1.29 is 5.21 Å². The highest BCUT2D eigenvalue weighted by molar-refractivity contribution is 5.85. The molecule has 0 spiro atoms. The summed E-state index contributed by atoms with van der Waals surface area (Å²) in [6.45, 7) is 12.5. The van der Waals surface area contributed by atoms with E-state index >= 15 is 0 Å². The fourth-order valence-electron chi connectivity index (χ4n) is 3.24. The Morgan fingerprint density at radius 2 is 2.00 bits per heavy atom. The Morgan fingerprint density at radius 3 is 2.62 bits per heavy atom. The summed E-state index contributed by atoms with van der Waals surface area (Å²) in [5.41, 5.74) is 5.53. The summed E-state index contributed by atoms with van der Waals surface area (Å²) in [5.74, 6) is 2.08. The fraction of sp³-hybridized carbons (Fsp3) is 0.941. The molecule has 0 bridgehead atoms. The van der Waals surface area contributed by atoms with E-state index in [4.69, 9.17) is 10.9 Å². The van der Waals surface area contributed by atoms with E-state index in [0.29, 0.717) is 5.84 Å². The van der Waals surface area contributed by atoms with Crippen molar-refractivity contribution in [3.8, 4) is 0 Å². The number of amidine groups is 1. The molecule has 1 aliphatic rings. The zero-order chi connectivity index (χ0) is 15.9. The molecule has 0 radical (unpaired) electrons. The fourth-order valence-corrected chi connectivity index (χ4v) is 3.24. The summed E-state index contributed by atoms with van der Waals surface area (Å²) in [5, 5.41) is 11.9. The van der Waals surface area contributed by atoms with Crippen molar-refractivity contribution in [2.45, 2.75) is 66.2 Å². The third-order valence-corrected chi connectivity index (χ3v) is 5.14. The molecule has 0 amide bonds. The van der Waals surface area contributed by atoms with E-state index in [1.807, 2.05) is 13.8 Å². The van der Waals surface area contributed by atoms with Crippen LogP contribution in [-0.2, 0) is 0 Å². The van der Waals surface area contributed by atoms with Crippen LogP contribution in [0.2, 0.25) is 0 Å². The Kier molecular flexibility index (Phi) is 7.50. The lowest BCUT2D eigenvalue weighted by Gasteiger charge is -2.24. The molecule has 1 heterocycles. The standard InChI is InChI=1S/C17H35N3O/c1-14(2)15-8-7-12-20(13-9-15)11-6-5-10-17(3,4)16(18)19-21/h14-15,21H,5-13H2,1-4H3,(H2,18,19). The lowest BCUT2D eigenvalue weighted by Crippen LogP contribution is -2.32. The van der Waals surface area contributed by atoms with Crippen LogP contribution in [0.4, 0.5) is 0 Å². The van der Waals surface area contributed by atoms with Crippen LogP contribution in [0.5, 0.6) is 0 Å². The van der Waals surface area contributed by atoms with Gasteiger partial charge in [-0.3, -0.25) is 0 Å². The minimum Gasteiger partial charge on any atom is -0.409 e. The average Bonchev–Trinajstić information content (AvgIpc) is 2.68. The van der Waals surface area contributed by atoms with Crippen LogP contribution in [0.1, 0.15) is 66.2 Å². The molecule has 21 heavy (non-hydrogen) atoms. The number of nitrogens with zero attached hydrogens (tertiary/aromatic N) is 2. The van der Waals surface area contributed by atoms with Crippen molar-refractivity contribution in [3.63, 3.8) is 0 Å².